The minimum absolute atomic E-state index is 0.0394. The first-order valence-corrected chi connectivity index (χ1v) is 9.36. The molecule has 148 valence electrons. The molecule has 2 aromatic carbocycles. The lowest BCUT2D eigenvalue weighted by Crippen LogP contribution is -2.21. The normalized spacial score (nSPS) is 10.2. The highest BCUT2D eigenvalue weighted by Crippen LogP contribution is 2.19. The Kier molecular flexibility index (Phi) is 8.29. The van der Waals surface area contributed by atoms with E-state index in [2.05, 4.69) is 10.6 Å². The topological polar surface area (TPSA) is 84.5 Å². The highest BCUT2D eigenvalue weighted by Gasteiger charge is 2.10. The maximum absolute atomic E-state index is 11.8. The van der Waals surface area contributed by atoms with E-state index in [4.69, 9.17) is 27.9 Å². The zero-order valence-corrected chi connectivity index (χ0v) is 16.8. The molecule has 8 heteroatoms. The monoisotopic (exact) mass is 422 g/mol. The van der Waals surface area contributed by atoms with Gasteiger partial charge in [0.1, 0.15) is 0 Å². The summed E-state index contributed by atoms with van der Waals surface area (Å²) in [5, 5.41) is 6.41. The van der Waals surface area contributed by atoms with Crippen LogP contribution in [0.15, 0.2) is 42.5 Å². The van der Waals surface area contributed by atoms with Gasteiger partial charge in [-0.15, -0.1) is 0 Å². The van der Waals surface area contributed by atoms with Gasteiger partial charge in [0.15, 0.2) is 6.61 Å². The molecule has 0 atom stereocenters. The van der Waals surface area contributed by atoms with Crippen molar-refractivity contribution in [1.29, 1.82) is 0 Å². The summed E-state index contributed by atoms with van der Waals surface area (Å²) < 4.78 is 4.91. The average Bonchev–Trinajstić information content (AvgIpc) is 2.65. The van der Waals surface area contributed by atoms with Crippen LogP contribution in [0.25, 0.3) is 0 Å². The molecule has 0 bridgehead atoms. The largest absolute Gasteiger partial charge is 0.456 e. The summed E-state index contributed by atoms with van der Waals surface area (Å²) in [7, 11) is 0. The molecule has 2 aromatic rings. The molecule has 2 amide bonds. The summed E-state index contributed by atoms with van der Waals surface area (Å²) in [5.74, 6) is -1.23. The summed E-state index contributed by atoms with van der Waals surface area (Å²) in [6.45, 7) is 1.45. The van der Waals surface area contributed by atoms with Crippen molar-refractivity contribution in [3.8, 4) is 0 Å². The van der Waals surface area contributed by atoms with Crippen LogP contribution in [-0.4, -0.2) is 24.4 Å². The molecule has 0 aliphatic heterocycles. The smallest absolute Gasteiger partial charge is 0.306 e. The van der Waals surface area contributed by atoms with Crippen LogP contribution < -0.4 is 10.6 Å². The van der Waals surface area contributed by atoms with Crippen molar-refractivity contribution in [2.75, 3.05) is 17.2 Å². The highest BCUT2D eigenvalue weighted by atomic mass is 35.5. The number of ether oxygens (including phenoxy) is 1. The number of benzene rings is 2. The van der Waals surface area contributed by atoms with E-state index in [0.717, 1.165) is 5.56 Å². The van der Waals surface area contributed by atoms with E-state index in [1.165, 1.54) is 0 Å². The lowest BCUT2D eigenvalue weighted by atomic mass is 10.2. The molecule has 0 saturated heterocycles. The van der Waals surface area contributed by atoms with Crippen molar-refractivity contribution >= 4 is 52.4 Å². The minimum Gasteiger partial charge on any atom is -0.456 e. The van der Waals surface area contributed by atoms with E-state index in [-0.39, 0.29) is 18.7 Å². The molecule has 0 radical (unpaired) electrons. The van der Waals surface area contributed by atoms with Crippen LogP contribution in [0, 0.1) is 6.92 Å². The van der Waals surface area contributed by atoms with E-state index >= 15 is 0 Å². The van der Waals surface area contributed by atoms with Crippen LogP contribution >= 0.6 is 23.2 Å². The third kappa shape index (κ3) is 7.58. The molecule has 0 unspecified atom stereocenters. The Hall–Kier alpha value is -2.57. The standard InChI is InChI=1S/C20H20Cl2N2O4/c1-13-5-8-16(11-17(13)22)24-19(26)12-28-20(27)4-2-3-18(25)23-15-9-6-14(21)7-10-15/h5-11H,2-4,12H2,1H3,(H,23,25)(H,24,26). The molecule has 0 aliphatic rings. The van der Waals surface area contributed by atoms with Gasteiger partial charge in [-0.1, -0.05) is 29.3 Å². The summed E-state index contributed by atoms with van der Waals surface area (Å²) in [6, 6.07) is 11.8. The number of amides is 2. The third-order valence-electron chi connectivity index (χ3n) is 3.73. The van der Waals surface area contributed by atoms with E-state index < -0.39 is 18.5 Å². The second-order valence-corrected chi connectivity index (χ2v) is 6.93. The fourth-order valence-electron chi connectivity index (χ4n) is 2.24. The molecule has 0 aromatic heterocycles. The number of carbonyl (C=O) groups is 3. The predicted octanol–water partition coefficient (Wildman–Crippen LogP) is 4.59. The lowest BCUT2D eigenvalue weighted by Gasteiger charge is -2.08. The van der Waals surface area contributed by atoms with E-state index in [0.29, 0.717) is 27.8 Å². The van der Waals surface area contributed by atoms with Crippen LogP contribution in [0.1, 0.15) is 24.8 Å². The minimum atomic E-state index is -0.545. The van der Waals surface area contributed by atoms with Crippen LogP contribution in [0.3, 0.4) is 0 Å². The molecule has 2 N–H and O–H groups in total. The van der Waals surface area contributed by atoms with Crippen LogP contribution in [0.4, 0.5) is 11.4 Å². The number of halogens is 2. The first-order chi connectivity index (χ1) is 13.3. The molecular formula is C20H20Cl2N2O4. The zero-order chi connectivity index (χ0) is 20.5. The fourth-order valence-corrected chi connectivity index (χ4v) is 2.54. The Morgan fingerprint density at radius 2 is 1.54 bits per heavy atom. The van der Waals surface area contributed by atoms with Gasteiger partial charge in [-0.2, -0.15) is 0 Å². The Bertz CT molecular complexity index is 854. The maximum Gasteiger partial charge on any atom is 0.306 e. The Labute approximate surface area is 173 Å². The van der Waals surface area contributed by atoms with Crippen molar-refractivity contribution in [1.82, 2.24) is 0 Å². The SMILES string of the molecule is Cc1ccc(NC(=O)COC(=O)CCCC(=O)Nc2ccc(Cl)cc2)cc1Cl. The zero-order valence-electron chi connectivity index (χ0n) is 15.3. The van der Waals surface area contributed by atoms with Crippen molar-refractivity contribution in [3.05, 3.63) is 58.1 Å². The van der Waals surface area contributed by atoms with Crippen molar-refractivity contribution in [2.24, 2.45) is 0 Å². The second kappa shape index (κ2) is 10.7. The van der Waals surface area contributed by atoms with Gasteiger partial charge < -0.3 is 15.4 Å². The Morgan fingerprint density at radius 1 is 0.893 bits per heavy atom. The highest BCUT2D eigenvalue weighted by molar-refractivity contribution is 6.31. The molecule has 0 spiro atoms. The third-order valence-corrected chi connectivity index (χ3v) is 4.39. The summed E-state index contributed by atoms with van der Waals surface area (Å²) in [5.41, 5.74) is 2.05. The van der Waals surface area contributed by atoms with Gasteiger partial charge in [0.05, 0.1) is 0 Å². The van der Waals surface area contributed by atoms with Gasteiger partial charge >= 0.3 is 5.97 Å². The first-order valence-electron chi connectivity index (χ1n) is 8.60. The van der Waals surface area contributed by atoms with Gasteiger partial charge in [-0.05, 0) is 55.3 Å². The van der Waals surface area contributed by atoms with E-state index in [9.17, 15) is 14.4 Å². The summed E-state index contributed by atoms with van der Waals surface area (Å²) in [6.07, 6.45) is 0.511. The summed E-state index contributed by atoms with van der Waals surface area (Å²) in [4.78, 5) is 35.4. The number of hydrogen-bond donors (Lipinski definition) is 2. The van der Waals surface area contributed by atoms with Crippen molar-refractivity contribution < 1.29 is 19.1 Å². The first kappa shape index (κ1) is 21.7. The quantitative estimate of drug-likeness (QED) is 0.609. The Morgan fingerprint density at radius 3 is 2.21 bits per heavy atom. The van der Waals surface area contributed by atoms with E-state index in [1.807, 2.05) is 6.92 Å². The van der Waals surface area contributed by atoms with Crippen molar-refractivity contribution in [3.63, 3.8) is 0 Å². The molecule has 0 fully saturated rings. The maximum atomic E-state index is 11.8. The van der Waals surface area contributed by atoms with Crippen LogP contribution in [-0.2, 0) is 19.1 Å². The molecule has 0 heterocycles. The number of hydrogen-bond acceptors (Lipinski definition) is 4. The van der Waals surface area contributed by atoms with Crippen LogP contribution in [0.2, 0.25) is 10.0 Å². The predicted molar refractivity (Wildman–Crippen MR) is 110 cm³/mol. The number of esters is 1. The van der Waals surface area contributed by atoms with Gasteiger partial charge in [-0.3, -0.25) is 14.4 Å². The molecule has 2 rings (SSSR count). The number of rotatable bonds is 8. The molecule has 0 saturated carbocycles. The molecule has 6 nitrogen and oxygen atoms in total. The van der Waals surface area contributed by atoms with Crippen molar-refractivity contribution in [2.45, 2.75) is 26.2 Å². The van der Waals surface area contributed by atoms with Gasteiger partial charge in [0, 0.05) is 34.3 Å². The number of nitrogens with one attached hydrogen (secondary N) is 2. The summed E-state index contributed by atoms with van der Waals surface area (Å²) >= 11 is 11.8. The second-order valence-electron chi connectivity index (χ2n) is 6.08. The van der Waals surface area contributed by atoms with Gasteiger partial charge in [0.25, 0.3) is 5.91 Å². The molecule has 28 heavy (non-hydrogen) atoms. The fraction of sp³-hybridized carbons (Fsp3) is 0.250. The Balaban J connectivity index is 1.63. The lowest BCUT2D eigenvalue weighted by molar-refractivity contribution is -0.147. The van der Waals surface area contributed by atoms with Gasteiger partial charge in [-0.25, -0.2) is 0 Å². The molecule has 0 aliphatic carbocycles. The number of anilines is 2. The number of aryl methyl sites for hydroxylation is 1. The van der Waals surface area contributed by atoms with E-state index in [1.54, 1.807) is 42.5 Å². The average molecular weight is 423 g/mol. The van der Waals surface area contributed by atoms with Crippen LogP contribution in [0.5, 0.6) is 0 Å². The van der Waals surface area contributed by atoms with Gasteiger partial charge in [0.2, 0.25) is 5.91 Å². The molecular weight excluding hydrogens is 403 g/mol. The number of carbonyl (C=O) groups excluding carboxylic acids is 3.